The van der Waals surface area contributed by atoms with Crippen LogP contribution in [-0.2, 0) is 17.6 Å². The van der Waals surface area contributed by atoms with Crippen molar-refractivity contribution in [2.24, 2.45) is 0 Å². The minimum Gasteiger partial charge on any atom is -0.297 e. The summed E-state index contributed by atoms with van der Waals surface area (Å²) in [4.78, 5) is 22.3. The summed E-state index contributed by atoms with van der Waals surface area (Å²) in [6.07, 6.45) is 7.33. The van der Waals surface area contributed by atoms with Crippen molar-refractivity contribution >= 4 is 23.3 Å². The number of aromatic nitrogens is 4. The normalized spacial score (nSPS) is 13.5. The second-order valence-corrected chi connectivity index (χ2v) is 6.76. The number of nitrogens with zero attached hydrogens (tertiary/aromatic N) is 4. The van der Waals surface area contributed by atoms with E-state index in [1.165, 1.54) is 12.3 Å². The lowest BCUT2D eigenvalue weighted by Crippen LogP contribution is -2.35. The summed E-state index contributed by atoms with van der Waals surface area (Å²) in [6, 6.07) is 5.13. The highest BCUT2D eigenvalue weighted by Crippen LogP contribution is 2.33. The van der Waals surface area contributed by atoms with Gasteiger partial charge < -0.3 is 0 Å². The van der Waals surface area contributed by atoms with E-state index in [4.69, 9.17) is 11.6 Å². The molecule has 8 heteroatoms. The van der Waals surface area contributed by atoms with E-state index in [9.17, 15) is 9.18 Å². The minimum absolute atomic E-state index is 0.0313. The molecule has 0 atom stereocenters. The number of hydrogen-bond donors (Lipinski definition) is 1. The Bertz CT molecular complexity index is 975. The maximum atomic E-state index is 13.5. The first-order valence-corrected chi connectivity index (χ1v) is 9.09. The van der Waals surface area contributed by atoms with E-state index in [0.717, 1.165) is 35.5 Å². The zero-order chi connectivity index (χ0) is 18.8. The van der Waals surface area contributed by atoms with Crippen molar-refractivity contribution in [1.82, 2.24) is 20.2 Å². The molecule has 0 saturated carbocycles. The summed E-state index contributed by atoms with van der Waals surface area (Å²) in [5, 5.41) is 7.27. The Balaban J connectivity index is 1.51. The van der Waals surface area contributed by atoms with Gasteiger partial charge >= 0.3 is 0 Å². The van der Waals surface area contributed by atoms with Gasteiger partial charge in [-0.2, -0.15) is 5.10 Å². The summed E-state index contributed by atoms with van der Waals surface area (Å²) in [7, 11) is 0. The maximum Gasteiger partial charge on any atom is 0.228 e. The molecule has 0 fully saturated rings. The molecule has 1 aliphatic heterocycles. The van der Waals surface area contributed by atoms with Crippen molar-refractivity contribution < 1.29 is 9.18 Å². The standard InChI is InChI=1S/C19H17ClFN5O/c20-18-15(21)10-12(11-23-18)3-4-16(27)26-9-1-2-14-17(24-25-19(14)26)13-5-7-22-8-6-13/h5-8,10-11H,1-4,9H2,(H,24,25). The summed E-state index contributed by atoms with van der Waals surface area (Å²) in [6.45, 7) is 0.636. The Hall–Kier alpha value is -2.80. The lowest BCUT2D eigenvalue weighted by Gasteiger charge is -2.26. The first kappa shape index (κ1) is 17.6. The number of amides is 1. The Morgan fingerprint density at radius 1 is 1.33 bits per heavy atom. The van der Waals surface area contributed by atoms with Crippen LogP contribution < -0.4 is 4.90 Å². The number of fused-ring (bicyclic) bond motifs is 1. The third-order valence-corrected chi connectivity index (χ3v) is 4.94. The van der Waals surface area contributed by atoms with Crippen molar-refractivity contribution in [3.8, 4) is 11.3 Å². The van der Waals surface area contributed by atoms with Crippen LogP contribution in [0.25, 0.3) is 11.3 Å². The summed E-state index contributed by atoms with van der Waals surface area (Å²) < 4.78 is 13.5. The molecule has 0 spiro atoms. The first-order chi connectivity index (χ1) is 13.1. The number of carbonyl (C=O) groups is 1. The predicted molar refractivity (Wildman–Crippen MR) is 100 cm³/mol. The second kappa shape index (κ2) is 7.44. The number of H-pyrrole nitrogens is 1. The van der Waals surface area contributed by atoms with Gasteiger partial charge in [-0.15, -0.1) is 0 Å². The maximum absolute atomic E-state index is 13.5. The van der Waals surface area contributed by atoms with Crippen LogP contribution in [0.5, 0.6) is 0 Å². The number of carbonyl (C=O) groups excluding carboxylic acids is 1. The number of nitrogens with one attached hydrogen (secondary N) is 1. The second-order valence-electron chi connectivity index (χ2n) is 6.40. The Kier molecular flexibility index (Phi) is 4.85. The van der Waals surface area contributed by atoms with Gasteiger partial charge in [-0.1, -0.05) is 11.6 Å². The topological polar surface area (TPSA) is 74.8 Å². The van der Waals surface area contributed by atoms with E-state index in [0.29, 0.717) is 18.5 Å². The van der Waals surface area contributed by atoms with Gasteiger partial charge in [-0.3, -0.25) is 19.8 Å². The number of rotatable bonds is 4. The molecule has 3 aromatic heterocycles. The van der Waals surface area contributed by atoms with Crippen molar-refractivity contribution in [3.63, 3.8) is 0 Å². The van der Waals surface area contributed by atoms with Gasteiger partial charge in [0.05, 0.1) is 5.69 Å². The molecule has 0 unspecified atom stereocenters. The molecule has 6 nitrogen and oxygen atoms in total. The molecule has 138 valence electrons. The molecule has 3 aromatic rings. The molecule has 1 aliphatic rings. The first-order valence-electron chi connectivity index (χ1n) is 8.71. The predicted octanol–water partition coefficient (Wildman–Crippen LogP) is 3.57. The molecule has 1 amide bonds. The third-order valence-electron chi connectivity index (χ3n) is 4.66. The van der Waals surface area contributed by atoms with Gasteiger partial charge in [0.2, 0.25) is 5.91 Å². The van der Waals surface area contributed by atoms with Gasteiger partial charge in [0.15, 0.2) is 11.0 Å². The number of aryl methyl sites for hydroxylation is 1. The summed E-state index contributed by atoms with van der Waals surface area (Å²) in [5.74, 6) is 0.146. The molecule has 0 aliphatic carbocycles. The molecule has 0 saturated heterocycles. The average molecular weight is 386 g/mol. The largest absolute Gasteiger partial charge is 0.297 e. The number of aromatic amines is 1. The van der Waals surface area contributed by atoms with E-state index < -0.39 is 5.82 Å². The fraction of sp³-hybridized carbons (Fsp3) is 0.263. The lowest BCUT2D eigenvalue weighted by molar-refractivity contribution is -0.118. The fourth-order valence-corrected chi connectivity index (χ4v) is 3.43. The van der Waals surface area contributed by atoms with Crippen molar-refractivity contribution in [2.75, 3.05) is 11.4 Å². The van der Waals surface area contributed by atoms with E-state index in [2.05, 4.69) is 20.2 Å². The summed E-state index contributed by atoms with van der Waals surface area (Å²) >= 11 is 5.60. The molecule has 0 bridgehead atoms. The van der Waals surface area contributed by atoms with E-state index in [-0.39, 0.29) is 17.5 Å². The van der Waals surface area contributed by atoms with Crippen LogP contribution in [0.2, 0.25) is 5.15 Å². The van der Waals surface area contributed by atoms with E-state index >= 15 is 0 Å². The highest BCUT2D eigenvalue weighted by atomic mass is 35.5. The van der Waals surface area contributed by atoms with E-state index in [1.54, 1.807) is 17.3 Å². The van der Waals surface area contributed by atoms with Crippen molar-refractivity contribution in [1.29, 1.82) is 0 Å². The minimum atomic E-state index is -0.572. The van der Waals surface area contributed by atoms with Crippen molar-refractivity contribution in [2.45, 2.75) is 25.7 Å². The molecule has 1 N–H and O–H groups in total. The van der Waals surface area contributed by atoms with Gasteiger partial charge in [0, 0.05) is 42.7 Å². The monoisotopic (exact) mass is 385 g/mol. The van der Waals surface area contributed by atoms with Crippen LogP contribution in [0.15, 0.2) is 36.8 Å². The van der Waals surface area contributed by atoms with Crippen LogP contribution in [0, 0.1) is 5.82 Å². The zero-order valence-corrected chi connectivity index (χ0v) is 15.2. The number of pyridine rings is 2. The molecule has 4 rings (SSSR count). The van der Waals surface area contributed by atoms with Crippen LogP contribution in [-0.4, -0.2) is 32.6 Å². The molecule has 0 radical (unpaired) electrons. The van der Waals surface area contributed by atoms with Crippen LogP contribution in [0.1, 0.15) is 24.0 Å². The number of anilines is 1. The van der Waals surface area contributed by atoms with Gasteiger partial charge in [-0.25, -0.2) is 9.37 Å². The number of hydrogen-bond acceptors (Lipinski definition) is 4. The Morgan fingerprint density at radius 3 is 2.93 bits per heavy atom. The molecular formula is C19H17ClFN5O. The Morgan fingerprint density at radius 2 is 2.15 bits per heavy atom. The van der Waals surface area contributed by atoms with E-state index in [1.807, 2.05) is 12.1 Å². The SMILES string of the molecule is O=C(CCc1cnc(Cl)c(F)c1)N1CCCc2c(-c3ccncc3)n[nH]c21. The lowest BCUT2D eigenvalue weighted by atomic mass is 10.0. The quantitative estimate of drug-likeness (QED) is 0.697. The molecule has 4 heterocycles. The number of halogens is 2. The summed E-state index contributed by atoms with van der Waals surface area (Å²) in [5.41, 5.74) is 3.51. The highest BCUT2D eigenvalue weighted by Gasteiger charge is 2.27. The zero-order valence-electron chi connectivity index (χ0n) is 14.5. The van der Waals surface area contributed by atoms with Gasteiger partial charge in [-0.05, 0) is 43.0 Å². The third kappa shape index (κ3) is 3.55. The van der Waals surface area contributed by atoms with Gasteiger partial charge in [0.1, 0.15) is 5.82 Å². The van der Waals surface area contributed by atoms with Crippen molar-refractivity contribution in [3.05, 3.63) is 58.9 Å². The van der Waals surface area contributed by atoms with Crippen LogP contribution in [0.3, 0.4) is 0 Å². The average Bonchev–Trinajstić information content (AvgIpc) is 3.13. The molecule has 0 aromatic carbocycles. The van der Waals surface area contributed by atoms with Crippen LogP contribution >= 0.6 is 11.6 Å². The smallest absolute Gasteiger partial charge is 0.228 e. The molecule has 27 heavy (non-hydrogen) atoms. The fourth-order valence-electron chi connectivity index (χ4n) is 3.32. The highest BCUT2D eigenvalue weighted by molar-refractivity contribution is 6.29. The van der Waals surface area contributed by atoms with Crippen LogP contribution in [0.4, 0.5) is 10.2 Å². The Labute approximate surface area is 160 Å². The molecular weight excluding hydrogens is 369 g/mol. The van der Waals surface area contributed by atoms with Gasteiger partial charge in [0.25, 0.3) is 0 Å².